The first kappa shape index (κ1) is 23.9. The van der Waals surface area contributed by atoms with Crippen LogP contribution in [0, 0.1) is 28.6 Å². The lowest BCUT2D eigenvalue weighted by molar-refractivity contribution is -0.205. The Balaban J connectivity index is 1.33. The lowest BCUT2D eigenvalue weighted by Gasteiger charge is -2.63. The molecule has 0 saturated heterocycles. The predicted molar refractivity (Wildman–Crippen MR) is 128 cm³/mol. The lowest BCUT2D eigenvalue weighted by atomic mass is 9.43. The minimum Gasteiger partial charge on any atom is -0.446 e. The van der Waals surface area contributed by atoms with E-state index in [9.17, 15) is 14.7 Å². The summed E-state index contributed by atoms with van der Waals surface area (Å²) in [4.78, 5) is 23.6. The van der Waals surface area contributed by atoms with E-state index in [-0.39, 0.29) is 34.6 Å². The molecule has 34 heavy (non-hydrogen) atoms. The van der Waals surface area contributed by atoms with Crippen molar-refractivity contribution in [2.45, 2.75) is 89.3 Å². The van der Waals surface area contributed by atoms with Gasteiger partial charge in [-0.25, -0.2) is 9.59 Å². The smallest absolute Gasteiger partial charge is 0.407 e. The molecule has 8 atom stereocenters. The summed E-state index contributed by atoms with van der Waals surface area (Å²) in [6, 6.07) is 3.40. The van der Waals surface area contributed by atoms with Crippen LogP contribution in [0.3, 0.4) is 0 Å². The Bertz CT molecular complexity index is 960. The fraction of sp³-hybridized carbons (Fsp3) is 0.778. The quantitative estimate of drug-likeness (QED) is 0.612. The monoisotopic (exact) mass is 472 g/mol. The molecule has 4 N–H and O–H groups in total. The second-order valence-corrected chi connectivity index (χ2v) is 11.9. The minimum absolute atomic E-state index is 0.0343. The molecular formula is C27H40N2O5. The van der Waals surface area contributed by atoms with Gasteiger partial charge >= 0.3 is 11.7 Å². The summed E-state index contributed by atoms with van der Waals surface area (Å²) in [5, 5.41) is 15.0. The van der Waals surface area contributed by atoms with Gasteiger partial charge in [0.05, 0.1) is 11.9 Å². The molecule has 0 bridgehead atoms. The van der Waals surface area contributed by atoms with Crippen molar-refractivity contribution < 1.29 is 19.1 Å². The lowest BCUT2D eigenvalue weighted by Crippen LogP contribution is -2.62. The predicted octanol–water partition coefficient (Wildman–Crippen LogP) is 3.93. The van der Waals surface area contributed by atoms with E-state index in [2.05, 4.69) is 19.2 Å². The molecule has 4 fully saturated rings. The summed E-state index contributed by atoms with van der Waals surface area (Å²) in [6.45, 7) is 5.55. The number of hydrogen-bond acceptors (Lipinski definition) is 6. The van der Waals surface area contributed by atoms with Crippen molar-refractivity contribution in [1.29, 1.82) is 0 Å². The van der Waals surface area contributed by atoms with Gasteiger partial charge in [-0.1, -0.05) is 13.8 Å². The third kappa shape index (κ3) is 3.62. The number of carbonyl (C=O) groups is 1. The van der Waals surface area contributed by atoms with Crippen LogP contribution in [-0.2, 0) is 4.74 Å². The van der Waals surface area contributed by atoms with Crippen molar-refractivity contribution in [3.05, 3.63) is 34.4 Å². The van der Waals surface area contributed by atoms with Crippen LogP contribution in [0.1, 0.15) is 83.1 Å². The Morgan fingerprint density at radius 3 is 2.71 bits per heavy atom. The fourth-order valence-corrected chi connectivity index (χ4v) is 8.76. The standard InChI is InChI=1S/C27H40N2O5/c1-25-10-7-19(34-24(31)29-14-13-28)15-18(25)4-5-22-21(25)8-11-26(2)20(9-12-27(22,26)32)17-3-6-23(30)33-16-17/h3,6,16,18-22,32H,4-5,7-15,28H2,1-2H3,(H,29,31)/t18-,19+,20-,21+,22-,25+,26-,27+/m1/s1. The molecule has 0 spiro atoms. The molecule has 1 amide bonds. The van der Waals surface area contributed by atoms with E-state index in [0.717, 1.165) is 63.4 Å². The van der Waals surface area contributed by atoms with Gasteiger partial charge in [0.2, 0.25) is 0 Å². The van der Waals surface area contributed by atoms with E-state index < -0.39 is 5.60 Å². The molecule has 0 aliphatic heterocycles. The van der Waals surface area contributed by atoms with Gasteiger partial charge < -0.3 is 25.3 Å². The number of ether oxygens (including phenoxy) is 1. The number of fused-ring (bicyclic) bond motifs is 5. The van der Waals surface area contributed by atoms with Crippen molar-refractivity contribution in [2.75, 3.05) is 13.1 Å². The van der Waals surface area contributed by atoms with Crippen LogP contribution < -0.4 is 16.7 Å². The number of nitrogens with two attached hydrogens (primary N) is 1. The summed E-state index contributed by atoms with van der Waals surface area (Å²) in [7, 11) is 0. The number of hydrogen-bond donors (Lipinski definition) is 3. The van der Waals surface area contributed by atoms with Crippen LogP contribution in [0.4, 0.5) is 4.79 Å². The molecule has 0 aromatic carbocycles. The summed E-state index contributed by atoms with van der Waals surface area (Å²) in [6.07, 6.45) is 9.99. The van der Waals surface area contributed by atoms with Crippen LogP contribution in [0.2, 0.25) is 0 Å². The SMILES string of the molecule is C[C@]12CC[C@H](OC(=O)NCCN)C[C@H]1CC[C@@H]1[C@@H]2CC[C@]2(C)[C@@H](c3ccc(=O)oc3)CC[C@]12O. The van der Waals surface area contributed by atoms with Gasteiger partial charge in [-0.15, -0.1) is 0 Å². The number of rotatable bonds is 4. The molecule has 4 saturated carbocycles. The average molecular weight is 473 g/mol. The van der Waals surface area contributed by atoms with Gasteiger partial charge in [0.15, 0.2) is 0 Å². The molecule has 7 nitrogen and oxygen atoms in total. The first-order valence-corrected chi connectivity index (χ1v) is 13.2. The van der Waals surface area contributed by atoms with Gasteiger partial charge in [0, 0.05) is 24.6 Å². The molecule has 7 heteroatoms. The number of amides is 1. The number of nitrogens with one attached hydrogen (secondary N) is 1. The van der Waals surface area contributed by atoms with Gasteiger partial charge in [-0.3, -0.25) is 0 Å². The molecule has 1 aromatic rings. The molecule has 1 heterocycles. The van der Waals surface area contributed by atoms with E-state index in [1.165, 1.54) is 6.07 Å². The van der Waals surface area contributed by atoms with Crippen LogP contribution in [0.15, 0.2) is 27.6 Å². The Hall–Kier alpha value is -1.86. The van der Waals surface area contributed by atoms with Crippen molar-refractivity contribution in [1.82, 2.24) is 5.32 Å². The molecule has 0 radical (unpaired) electrons. The zero-order valence-electron chi connectivity index (χ0n) is 20.6. The highest BCUT2D eigenvalue weighted by Gasteiger charge is 2.67. The zero-order chi connectivity index (χ0) is 24.1. The maximum atomic E-state index is 12.3. The zero-order valence-corrected chi connectivity index (χ0v) is 20.6. The Labute approximate surface area is 201 Å². The average Bonchev–Trinajstić information content (AvgIpc) is 3.10. The molecule has 4 aliphatic carbocycles. The van der Waals surface area contributed by atoms with Crippen molar-refractivity contribution in [3.8, 4) is 0 Å². The summed E-state index contributed by atoms with van der Waals surface area (Å²) < 4.78 is 10.9. The van der Waals surface area contributed by atoms with Crippen LogP contribution >= 0.6 is 0 Å². The third-order valence-corrected chi connectivity index (χ3v) is 10.6. The Kier molecular flexibility index (Phi) is 6.08. The molecule has 1 aromatic heterocycles. The highest BCUT2D eigenvalue weighted by Crippen LogP contribution is 2.70. The van der Waals surface area contributed by atoms with E-state index in [1.807, 2.05) is 6.07 Å². The molecular weight excluding hydrogens is 432 g/mol. The second-order valence-electron chi connectivity index (χ2n) is 11.9. The van der Waals surface area contributed by atoms with Gasteiger partial charge in [0.25, 0.3) is 0 Å². The van der Waals surface area contributed by atoms with Crippen molar-refractivity contribution >= 4 is 6.09 Å². The van der Waals surface area contributed by atoms with Crippen molar-refractivity contribution in [3.63, 3.8) is 0 Å². The topological polar surface area (TPSA) is 115 Å². The van der Waals surface area contributed by atoms with E-state index >= 15 is 0 Å². The van der Waals surface area contributed by atoms with Gasteiger partial charge in [-0.2, -0.15) is 0 Å². The highest BCUT2D eigenvalue weighted by molar-refractivity contribution is 5.67. The summed E-state index contributed by atoms with van der Waals surface area (Å²) >= 11 is 0. The summed E-state index contributed by atoms with van der Waals surface area (Å²) in [5.41, 5.74) is 5.46. The molecule has 0 unspecified atom stereocenters. The van der Waals surface area contributed by atoms with Crippen LogP contribution in [-0.4, -0.2) is 36.0 Å². The number of carbonyl (C=O) groups excluding carboxylic acids is 1. The van der Waals surface area contributed by atoms with Crippen LogP contribution in [0.5, 0.6) is 0 Å². The second kappa shape index (κ2) is 8.66. The number of aliphatic hydroxyl groups is 1. The first-order chi connectivity index (χ1) is 16.2. The fourth-order valence-electron chi connectivity index (χ4n) is 8.76. The van der Waals surface area contributed by atoms with E-state index in [0.29, 0.717) is 30.8 Å². The minimum atomic E-state index is -0.694. The molecule has 5 rings (SSSR count). The van der Waals surface area contributed by atoms with Gasteiger partial charge in [-0.05, 0) is 98.5 Å². The first-order valence-electron chi connectivity index (χ1n) is 13.2. The normalized spacial score (nSPS) is 43.4. The largest absolute Gasteiger partial charge is 0.446 e. The molecule has 4 aliphatic rings. The van der Waals surface area contributed by atoms with Crippen molar-refractivity contribution in [2.24, 2.45) is 34.3 Å². The molecule has 188 valence electrons. The number of alkyl carbamates (subject to hydrolysis) is 1. The third-order valence-electron chi connectivity index (χ3n) is 10.6. The van der Waals surface area contributed by atoms with Gasteiger partial charge in [0.1, 0.15) is 6.10 Å². The maximum absolute atomic E-state index is 12.3. The van der Waals surface area contributed by atoms with Crippen LogP contribution in [0.25, 0.3) is 0 Å². The highest BCUT2D eigenvalue weighted by atomic mass is 16.6. The van der Waals surface area contributed by atoms with E-state index in [4.69, 9.17) is 14.9 Å². The maximum Gasteiger partial charge on any atom is 0.407 e. The Morgan fingerprint density at radius 1 is 1.15 bits per heavy atom. The Morgan fingerprint density at radius 2 is 1.97 bits per heavy atom. The summed E-state index contributed by atoms with van der Waals surface area (Å²) in [5.74, 6) is 1.51. The van der Waals surface area contributed by atoms with E-state index in [1.54, 1.807) is 6.26 Å².